The highest BCUT2D eigenvalue weighted by atomic mass is 19.4. The summed E-state index contributed by atoms with van der Waals surface area (Å²) in [7, 11) is 0. The third kappa shape index (κ3) is 4.46. The Morgan fingerprint density at radius 1 is 1.09 bits per heavy atom. The quantitative estimate of drug-likeness (QED) is 0.458. The van der Waals surface area contributed by atoms with E-state index in [0.29, 0.717) is 24.0 Å². The number of benzene rings is 1. The van der Waals surface area contributed by atoms with Gasteiger partial charge in [0.1, 0.15) is 6.10 Å². The summed E-state index contributed by atoms with van der Waals surface area (Å²) in [6, 6.07) is 2.78. The Bertz CT molecular complexity index is 987. The number of fused-ring (bicyclic) bond motifs is 5. The summed E-state index contributed by atoms with van der Waals surface area (Å²) in [6.07, 6.45) is -1.43. The average Bonchev–Trinajstić information content (AvgIpc) is 3.02. The molecule has 0 N–H and O–H groups in total. The largest absolute Gasteiger partial charge is 0.480 e. The highest BCUT2D eigenvalue weighted by Gasteiger charge is 2.57. The Kier molecular flexibility index (Phi) is 5.95. The Morgan fingerprint density at radius 3 is 2.45 bits per heavy atom. The molecular weight excluding hydrogens is 441 g/mol. The van der Waals surface area contributed by atoms with Gasteiger partial charge in [-0.05, 0) is 61.1 Å². The van der Waals surface area contributed by atoms with Crippen molar-refractivity contribution in [2.45, 2.75) is 71.1 Å². The van der Waals surface area contributed by atoms with Crippen LogP contribution in [0, 0.1) is 17.3 Å². The summed E-state index contributed by atoms with van der Waals surface area (Å²) in [5.74, 6) is -1.44. The van der Waals surface area contributed by atoms with Gasteiger partial charge >= 0.3 is 18.1 Å². The molecule has 1 aromatic carbocycles. The Balaban J connectivity index is 1.69. The molecule has 0 aliphatic heterocycles. The number of halogens is 3. The predicted octanol–water partition coefficient (Wildman–Crippen LogP) is 4.98. The van der Waals surface area contributed by atoms with E-state index in [-0.39, 0.29) is 52.5 Å². The van der Waals surface area contributed by atoms with Gasteiger partial charge in [-0.25, -0.2) is 0 Å². The fraction of sp³-hybridized carbons (Fsp3) is 0.625. The molecule has 9 heteroatoms. The van der Waals surface area contributed by atoms with E-state index in [1.54, 1.807) is 0 Å². The molecule has 0 aromatic heterocycles. The minimum absolute atomic E-state index is 0.000602. The van der Waals surface area contributed by atoms with Crippen LogP contribution < -0.4 is 9.47 Å². The molecule has 180 valence electrons. The minimum Gasteiger partial charge on any atom is -0.480 e. The SMILES string of the molecule is CC(=O)Oc1cc2c(cc1OCC(F)(F)F)[C@H]1CC[C@]3(C)C(OC(C)=O)CC[C@H]3[C@@H]1CC2=O. The van der Waals surface area contributed by atoms with Gasteiger partial charge in [0.2, 0.25) is 0 Å². The number of carbonyl (C=O) groups excluding carboxylic acids is 3. The molecule has 1 aromatic rings. The van der Waals surface area contributed by atoms with Gasteiger partial charge in [-0.2, -0.15) is 13.2 Å². The molecule has 0 heterocycles. The fourth-order valence-corrected chi connectivity index (χ4v) is 6.26. The smallest absolute Gasteiger partial charge is 0.422 e. The molecular formula is C24H27F3O6. The number of hydrogen-bond donors (Lipinski definition) is 0. The van der Waals surface area contributed by atoms with E-state index in [4.69, 9.17) is 14.2 Å². The van der Waals surface area contributed by atoms with Gasteiger partial charge in [0.25, 0.3) is 0 Å². The van der Waals surface area contributed by atoms with Crippen molar-refractivity contribution in [2.24, 2.45) is 17.3 Å². The molecule has 1 unspecified atom stereocenters. The summed E-state index contributed by atoms with van der Waals surface area (Å²) >= 11 is 0. The Morgan fingerprint density at radius 2 is 1.82 bits per heavy atom. The number of ether oxygens (including phenoxy) is 3. The van der Waals surface area contributed by atoms with Gasteiger partial charge in [-0.15, -0.1) is 0 Å². The van der Waals surface area contributed by atoms with Gasteiger partial charge in [0.15, 0.2) is 23.9 Å². The summed E-state index contributed by atoms with van der Waals surface area (Å²) in [6.45, 7) is 3.10. The first-order valence-corrected chi connectivity index (χ1v) is 11.2. The van der Waals surface area contributed by atoms with E-state index in [1.807, 2.05) is 0 Å². The van der Waals surface area contributed by atoms with Gasteiger partial charge < -0.3 is 14.2 Å². The topological polar surface area (TPSA) is 78.9 Å². The van der Waals surface area contributed by atoms with Crippen molar-refractivity contribution in [3.05, 3.63) is 23.3 Å². The standard InChI is InChI=1S/C24H27F3O6/c1-12(28)32-21-10-17-15(9-20(21)31-11-24(25,26)27)14-6-7-23(3)18(16(14)8-19(17)30)4-5-22(23)33-13(2)29/h9-10,14,16,18,22H,4-8,11H2,1-3H3/t14-,16-,18+,22?,23+/m1/s1. The third-order valence-corrected chi connectivity index (χ3v) is 7.54. The van der Waals surface area contributed by atoms with Crippen LogP contribution in [0.3, 0.4) is 0 Å². The summed E-state index contributed by atoms with van der Waals surface area (Å²) < 4.78 is 54.0. The monoisotopic (exact) mass is 468 g/mol. The maximum Gasteiger partial charge on any atom is 0.422 e. The summed E-state index contributed by atoms with van der Waals surface area (Å²) in [4.78, 5) is 36.2. The highest BCUT2D eigenvalue weighted by Crippen LogP contribution is 2.62. The zero-order valence-corrected chi connectivity index (χ0v) is 18.8. The average molecular weight is 468 g/mol. The van der Waals surface area contributed by atoms with Crippen LogP contribution in [-0.4, -0.2) is 36.6 Å². The summed E-state index contributed by atoms with van der Waals surface area (Å²) in [5.41, 5.74) is 0.769. The van der Waals surface area contributed by atoms with Crippen molar-refractivity contribution in [3.63, 3.8) is 0 Å². The van der Waals surface area contributed by atoms with Crippen LogP contribution in [-0.2, 0) is 14.3 Å². The molecule has 2 fully saturated rings. The Hall–Kier alpha value is -2.58. The maximum atomic E-state index is 13.1. The second-order valence-electron chi connectivity index (χ2n) is 9.61. The first-order chi connectivity index (χ1) is 15.4. The van der Waals surface area contributed by atoms with Gasteiger partial charge in [0, 0.05) is 31.2 Å². The number of alkyl halides is 3. The van der Waals surface area contributed by atoms with Crippen LogP contribution in [0.2, 0.25) is 0 Å². The van der Waals surface area contributed by atoms with Crippen LogP contribution in [0.15, 0.2) is 12.1 Å². The highest BCUT2D eigenvalue weighted by molar-refractivity contribution is 6.00. The normalized spacial score (nSPS) is 30.7. The molecule has 3 aliphatic carbocycles. The van der Waals surface area contributed by atoms with Crippen LogP contribution in [0.4, 0.5) is 13.2 Å². The zero-order chi connectivity index (χ0) is 24.1. The molecule has 6 nitrogen and oxygen atoms in total. The molecule has 33 heavy (non-hydrogen) atoms. The van der Waals surface area contributed by atoms with E-state index in [1.165, 1.54) is 19.1 Å². The lowest BCUT2D eigenvalue weighted by molar-refractivity contribution is -0.155. The Labute approximate surface area is 189 Å². The molecule has 0 spiro atoms. The summed E-state index contributed by atoms with van der Waals surface area (Å²) in [5, 5.41) is 0. The molecule has 0 amide bonds. The lowest BCUT2D eigenvalue weighted by Crippen LogP contribution is -2.46. The number of carbonyl (C=O) groups is 3. The van der Waals surface area contributed by atoms with Crippen LogP contribution in [0.1, 0.15) is 74.7 Å². The van der Waals surface area contributed by atoms with Gasteiger partial charge in [-0.1, -0.05) is 6.92 Å². The van der Waals surface area contributed by atoms with Crippen LogP contribution in [0.25, 0.3) is 0 Å². The van der Waals surface area contributed by atoms with Crippen molar-refractivity contribution < 1.29 is 41.8 Å². The van der Waals surface area contributed by atoms with Crippen LogP contribution in [0.5, 0.6) is 11.5 Å². The van der Waals surface area contributed by atoms with E-state index in [0.717, 1.165) is 26.2 Å². The lowest BCUT2D eigenvalue weighted by Gasteiger charge is -2.50. The minimum atomic E-state index is -4.57. The van der Waals surface area contributed by atoms with E-state index < -0.39 is 18.8 Å². The van der Waals surface area contributed by atoms with Crippen molar-refractivity contribution in [3.8, 4) is 11.5 Å². The van der Waals surface area contributed by atoms with E-state index in [2.05, 4.69) is 6.92 Å². The molecule has 0 saturated heterocycles. The lowest BCUT2D eigenvalue weighted by atomic mass is 9.55. The molecule has 0 radical (unpaired) electrons. The molecule has 0 bridgehead atoms. The molecule has 4 rings (SSSR count). The maximum absolute atomic E-state index is 13.1. The zero-order valence-electron chi connectivity index (χ0n) is 18.8. The second-order valence-corrected chi connectivity index (χ2v) is 9.61. The molecule has 3 aliphatic rings. The fourth-order valence-electron chi connectivity index (χ4n) is 6.26. The van der Waals surface area contributed by atoms with Crippen molar-refractivity contribution in [2.75, 3.05) is 6.61 Å². The van der Waals surface area contributed by atoms with Gasteiger partial charge in [0.05, 0.1) is 0 Å². The van der Waals surface area contributed by atoms with Crippen molar-refractivity contribution in [1.82, 2.24) is 0 Å². The number of rotatable bonds is 4. The first-order valence-electron chi connectivity index (χ1n) is 11.2. The first kappa shape index (κ1) is 23.6. The third-order valence-electron chi connectivity index (χ3n) is 7.54. The van der Waals surface area contributed by atoms with Crippen LogP contribution >= 0.6 is 0 Å². The number of hydrogen-bond acceptors (Lipinski definition) is 6. The molecule has 2 saturated carbocycles. The van der Waals surface area contributed by atoms with Gasteiger partial charge in [-0.3, -0.25) is 14.4 Å². The second kappa shape index (κ2) is 8.33. The number of ketones is 1. The number of Topliss-reactive ketones (excluding diaryl/α,β-unsaturated/α-hetero) is 1. The van der Waals surface area contributed by atoms with E-state index in [9.17, 15) is 27.6 Å². The van der Waals surface area contributed by atoms with Crippen molar-refractivity contribution in [1.29, 1.82) is 0 Å². The van der Waals surface area contributed by atoms with E-state index >= 15 is 0 Å². The number of esters is 2. The predicted molar refractivity (Wildman–Crippen MR) is 110 cm³/mol. The molecule has 5 atom stereocenters. The van der Waals surface area contributed by atoms with Crippen molar-refractivity contribution >= 4 is 17.7 Å².